The Labute approximate surface area is 99.6 Å². The number of anilines is 1. The summed E-state index contributed by atoms with van der Waals surface area (Å²) in [6, 6.07) is 3.10. The number of hydrogen-bond acceptors (Lipinski definition) is 1. The summed E-state index contributed by atoms with van der Waals surface area (Å²) in [5.41, 5.74) is 0.766. The third-order valence-corrected chi connectivity index (χ3v) is 2.64. The standard InChI is InChI=1S/C11H14Cl2FN/c1-2-3-4-5-15-8-6-9(12)11(14)10(13)7-8/h6-7,15H,2-5H2,1H3. The van der Waals surface area contributed by atoms with Gasteiger partial charge in [-0.05, 0) is 18.6 Å². The highest BCUT2D eigenvalue weighted by Gasteiger charge is 2.06. The van der Waals surface area contributed by atoms with Crippen molar-refractivity contribution in [1.82, 2.24) is 0 Å². The monoisotopic (exact) mass is 249 g/mol. The molecule has 1 nitrogen and oxygen atoms in total. The molecule has 84 valence electrons. The van der Waals surface area contributed by atoms with E-state index in [1.165, 1.54) is 12.8 Å². The van der Waals surface area contributed by atoms with E-state index in [2.05, 4.69) is 12.2 Å². The molecule has 0 unspecified atom stereocenters. The predicted molar refractivity (Wildman–Crippen MR) is 64.4 cm³/mol. The molecule has 1 aromatic carbocycles. The summed E-state index contributed by atoms with van der Waals surface area (Å²) in [5, 5.41) is 3.26. The molecular formula is C11H14Cl2FN. The van der Waals surface area contributed by atoms with Gasteiger partial charge in [-0.25, -0.2) is 4.39 Å². The van der Waals surface area contributed by atoms with Crippen molar-refractivity contribution >= 4 is 28.9 Å². The van der Waals surface area contributed by atoms with Crippen molar-refractivity contribution in [1.29, 1.82) is 0 Å². The van der Waals surface area contributed by atoms with E-state index in [0.717, 1.165) is 18.7 Å². The fourth-order valence-electron chi connectivity index (χ4n) is 1.27. The van der Waals surface area contributed by atoms with Gasteiger partial charge in [0.05, 0.1) is 10.0 Å². The van der Waals surface area contributed by atoms with Crippen LogP contribution in [0.5, 0.6) is 0 Å². The molecule has 0 spiro atoms. The number of benzene rings is 1. The Hall–Kier alpha value is -0.470. The maximum absolute atomic E-state index is 13.1. The van der Waals surface area contributed by atoms with E-state index in [9.17, 15) is 4.39 Å². The molecule has 0 bridgehead atoms. The number of halogens is 3. The molecule has 0 aliphatic rings. The number of unbranched alkanes of at least 4 members (excludes halogenated alkanes) is 2. The second-order valence-electron chi connectivity index (χ2n) is 3.39. The van der Waals surface area contributed by atoms with Crippen LogP contribution in [-0.4, -0.2) is 6.54 Å². The Balaban J connectivity index is 2.55. The first-order valence-corrected chi connectivity index (χ1v) is 5.79. The van der Waals surface area contributed by atoms with Gasteiger partial charge in [0.2, 0.25) is 0 Å². The lowest BCUT2D eigenvalue weighted by Crippen LogP contribution is -2.01. The molecule has 15 heavy (non-hydrogen) atoms. The van der Waals surface area contributed by atoms with Crippen LogP contribution in [0.3, 0.4) is 0 Å². The Kier molecular flexibility index (Phi) is 5.20. The second-order valence-corrected chi connectivity index (χ2v) is 4.20. The van der Waals surface area contributed by atoms with Gasteiger partial charge in [0, 0.05) is 12.2 Å². The molecule has 0 atom stereocenters. The maximum Gasteiger partial charge on any atom is 0.160 e. The Morgan fingerprint density at radius 1 is 1.20 bits per heavy atom. The molecule has 1 aromatic rings. The van der Waals surface area contributed by atoms with E-state index in [1.807, 2.05) is 0 Å². The van der Waals surface area contributed by atoms with Crippen molar-refractivity contribution in [2.45, 2.75) is 26.2 Å². The molecule has 4 heteroatoms. The summed E-state index contributed by atoms with van der Waals surface area (Å²) >= 11 is 11.3. The van der Waals surface area contributed by atoms with E-state index in [-0.39, 0.29) is 10.0 Å². The van der Waals surface area contributed by atoms with Crippen molar-refractivity contribution < 1.29 is 4.39 Å². The zero-order chi connectivity index (χ0) is 11.3. The van der Waals surface area contributed by atoms with Crippen LogP contribution in [0.1, 0.15) is 26.2 Å². The summed E-state index contributed by atoms with van der Waals surface area (Å²) in [6.45, 7) is 3.00. The number of hydrogen-bond donors (Lipinski definition) is 1. The Bertz CT molecular complexity index is 305. The lowest BCUT2D eigenvalue weighted by molar-refractivity contribution is 0.629. The largest absolute Gasteiger partial charge is 0.385 e. The molecule has 1 rings (SSSR count). The minimum absolute atomic E-state index is 0.0560. The highest BCUT2D eigenvalue weighted by atomic mass is 35.5. The minimum Gasteiger partial charge on any atom is -0.385 e. The summed E-state index contributed by atoms with van der Waals surface area (Å²) in [4.78, 5) is 0. The van der Waals surface area contributed by atoms with Crippen LogP contribution in [0, 0.1) is 5.82 Å². The zero-order valence-corrected chi connectivity index (χ0v) is 10.1. The van der Waals surface area contributed by atoms with Crippen LogP contribution in [0.2, 0.25) is 10.0 Å². The smallest absolute Gasteiger partial charge is 0.160 e. The van der Waals surface area contributed by atoms with Gasteiger partial charge in [-0.3, -0.25) is 0 Å². The van der Waals surface area contributed by atoms with Crippen molar-refractivity contribution in [3.8, 4) is 0 Å². The summed E-state index contributed by atoms with van der Waals surface area (Å²) in [7, 11) is 0. The van der Waals surface area contributed by atoms with Gasteiger partial charge in [-0.2, -0.15) is 0 Å². The zero-order valence-electron chi connectivity index (χ0n) is 8.62. The maximum atomic E-state index is 13.1. The van der Waals surface area contributed by atoms with E-state index in [0.29, 0.717) is 0 Å². The topological polar surface area (TPSA) is 12.0 Å². The Morgan fingerprint density at radius 3 is 2.33 bits per heavy atom. The quantitative estimate of drug-likeness (QED) is 0.588. The molecule has 0 heterocycles. The fourth-order valence-corrected chi connectivity index (χ4v) is 1.75. The van der Waals surface area contributed by atoms with Gasteiger partial charge in [0.15, 0.2) is 5.82 Å². The molecule has 0 aliphatic heterocycles. The van der Waals surface area contributed by atoms with Gasteiger partial charge in [0.1, 0.15) is 0 Å². The van der Waals surface area contributed by atoms with Gasteiger partial charge in [0.25, 0.3) is 0 Å². The normalized spacial score (nSPS) is 10.4. The molecule has 1 N–H and O–H groups in total. The summed E-state index contributed by atoms with van der Waals surface area (Å²) in [5.74, 6) is -0.558. The molecule has 0 aliphatic carbocycles. The van der Waals surface area contributed by atoms with Crippen LogP contribution in [0.15, 0.2) is 12.1 Å². The van der Waals surface area contributed by atoms with Crippen LogP contribution in [-0.2, 0) is 0 Å². The van der Waals surface area contributed by atoms with E-state index < -0.39 is 5.82 Å². The molecule has 0 radical (unpaired) electrons. The molecular weight excluding hydrogens is 236 g/mol. The van der Waals surface area contributed by atoms with E-state index >= 15 is 0 Å². The van der Waals surface area contributed by atoms with Crippen molar-refractivity contribution in [3.63, 3.8) is 0 Å². The predicted octanol–water partition coefficient (Wildman–Crippen LogP) is 4.73. The first kappa shape index (κ1) is 12.6. The van der Waals surface area contributed by atoms with Crippen LogP contribution in [0.4, 0.5) is 10.1 Å². The van der Waals surface area contributed by atoms with Crippen molar-refractivity contribution in [3.05, 3.63) is 28.0 Å². The van der Waals surface area contributed by atoms with Crippen LogP contribution < -0.4 is 5.32 Å². The van der Waals surface area contributed by atoms with Crippen molar-refractivity contribution in [2.75, 3.05) is 11.9 Å². The van der Waals surface area contributed by atoms with Crippen LogP contribution in [0.25, 0.3) is 0 Å². The first-order chi connectivity index (χ1) is 7.15. The Morgan fingerprint density at radius 2 is 1.80 bits per heavy atom. The molecule has 0 aromatic heterocycles. The molecule has 0 fully saturated rings. The molecule has 0 saturated heterocycles. The molecule has 0 saturated carbocycles. The first-order valence-electron chi connectivity index (χ1n) is 5.03. The van der Waals surface area contributed by atoms with Gasteiger partial charge in [-0.1, -0.05) is 43.0 Å². The van der Waals surface area contributed by atoms with Gasteiger partial charge < -0.3 is 5.32 Å². The van der Waals surface area contributed by atoms with Crippen molar-refractivity contribution in [2.24, 2.45) is 0 Å². The van der Waals surface area contributed by atoms with Gasteiger partial charge in [-0.15, -0.1) is 0 Å². The SMILES string of the molecule is CCCCCNc1cc(Cl)c(F)c(Cl)c1. The van der Waals surface area contributed by atoms with E-state index in [4.69, 9.17) is 23.2 Å². The van der Waals surface area contributed by atoms with E-state index in [1.54, 1.807) is 12.1 Å². The third kappa shape index (κ3) is 3.88. The average molecular weight is 250 g/mol. The summed E-state index contributed by atoms with van der Waals surface area (Å²) in [6.07, 6.45) is 3.44. The average Bonchev–Trinajstić information content (AvgIpc) is 2.21. The third-order valence-electron chi connectivity index (χ3n) is 2.09. The number of nitrogens with one attached hydrogen (secondary N) is 1. The minimum atomic E-state index is -0.558. The molecule has 0 amide bonds. The number of rotatable bonds is 5. The van der Waals surface area contributed by atoms with Crippen LogP contribution >= 0.6 is 23.2 Å². The van der Waals surface area contributed by atoms with Gasteiger partial charge >= 0.3 is 0 Å². The second kappa shape index (κ2) is 6.19. The highest BCUT2D eigenvalue weighted by Crippen LogP contribution is 2.27. The highest BCUT2D eigenvalue weighted by molar-refractivity contribution is 6.35. The summed E-state index contributed by atoms with van der Waals surface area (Å²) < 4.78 is 13.1. The lowest BCUT2D eigenvalue weighted by Gasteiger charge is -2.07. The lowest BCUT2D eigenvalue weighted by atomic mass is 10.2. The fraction of sp³-hybridized carbons (Fsp3) is 0.455.